The van der Waals surface area contributed by atoms with Gasteiger partial charge in [-0.1, -0.05) is 13.8 Å². The van der Waals surface area contributed by atoms with Crippen molar-refractivity contribution < 1.29 is 9.53 Å². The molecule has 0 heterocycles. The predicted octanol–water partition coefficient (Wildman–Crippen LogP) is 0.575. The molecule has 0 aliphatic carbocycles. The third kappa shape index (κ3) is 4.11. The fourth-order valence-corrected chi connectivity index (χ4v) is 0.755. The molecule has 0 aliphatic rings. The van der Waals surface area contributed by atoms with Gasteiger partial charge in [-0.15, -0.1) is 0 Å². The summed E-state index contributed by atoms with van der Waals surface area (Å²) in [5.74, 6) is 0.0731. The van der Waals surface area contributed by atoms with E-state index >= 15 is 0 Å². The van der Waals surface area contributed by atoms with Crippen LogP contribution in [0.25, 0.3) is 0 Å². The molecular formula is C8H17NO2. The van der Waals surface area contributed by atoms with Gasteiger partial charge in [-0.2, -0.15) is 0 Å². The van der Waals surface area contributed by atoms with Crippen molar-refractivity contribution in [1.82, 2.24) is 0 Å². The normalized spacial score (nSPS) is 13.5. The zero-order chi connectivity index (χ0) is 8.85. The number of carbonyl (C=O) groups excluding carboxylic acids is 1. The van der Waals surface area contributed by atoms with E-state index < -0.39 is 6.04 Å². The van der Waals surface area contributed by atoms with E-state index in [1.807, 2.05) is 20.8 Å². The van der Waals surface area contributed by atoms with E-state index in [1.165, 1.54) is 0 Å². The van der Waals surface area contributed by atoms with Crippen LogP contribution in [0.1, 0.15) is 20.8 Å². The van der Waals surface area contributed by atoms with E-state index in [9.17, 15) is 4.79 Å². The standard InChI is InChI=1S/C8H17NO2/c1-4-11-5-7(9)8(10)6(2)3/h6-7H,4-5,9H2,1-3H3. The molecule has 3 nitrogen and oxygen atoms in total. The highest BCUT2D eigenvalue weighted by Gasteiger charge is 2.16. The zero-order valence-electron chi connectivity index (χ0n) is 7.46. The highest BCUT2D eigenvalue weighted by Crippen LogP contribution is 1.97. The van der Waals surface area contributed by atoms with Crippen molar-refractivity contribution in [2.45, 2.75) is 26.8 Å². The molecule has 1 atom stereocenters. The third-order valence-electron chi connectivity index (χ3n) is 1.44. The number of rotatable bonds is 5. The van der Waals surface area contributed by atoms with Gasteiger partial charge in [0.05, 0.1) is 12.6 Å². The van der Waals surface area contributed by atoms with E-state index in [4.69, 9.17) is 10.5 Å². The minimum absolute atomic E-state index is 0.00505. The van der Waals surface area contributed by atoms with Crippen molar-refractivity contribution in [1.29, 1.82) is 0 Å². The topological polar surface area (TPSA) is 52.3 Å². The maximum absolute atomic E-state index is 11.1. The van der Waals surface area contributed by atoms with E-state index in [1.54, 1.807) is 0 Å². The fraction of sp³-hybridized carbons (Fsp3) is 0.875. The van der Waals surface area contributed by atoms with Gasteiger partial charge in [-0.25, -0.2) is 0 Å². The Morgan fingerprint density at radius 2 is 2.09 bits per heavy atom. The van der Waals surface area contributed by atoms with Gasteiger partial charge in [0.15, 0.2) is 5.78 Å². The highest BCUT2D eigenvalue weighted by atomic mass is 16.5. The van der Waals surface area contributed by atoms with Gasteiger partial charge in [0, 0.05) is 12.5 Å². The van der Waals surface area contributed by atoms with Crippen LogP contribution in [0.15, 0.2) is 0 Å². The van der Waals surface area contributed by atoms with Crippen molar-refractivity contribution in [2.75, 3.05) is 13.2 Å². The third-order valence-corrected chi connectivity index (χ3v) is 1.44. The monoisotopic (exact) mass is 159 g/mol. The van der Waals surface area contributed by atoms with Gasteiger partial charge < -0.3 is 10.5 Å². The van der Waals surface area contributed by atoms with E-state index in [-0.39, 0.29) is 11.7 Å². The van der Waals surface area contributed by atoms with Crippen LogP contribution in [0.4, 0.5) is 0 Å². The molecule has 0 amide bonds. The molecule has 0 bridgehead atoms. The maximum atomic E-state index is 11.1. The average Bonchev–Trinajstić information content (AvgIpc) is 1.98. The van der Waals surface area contributed by atoms with Crippen molar-refractivity contribution in [3.8, 4) is 0 Å². The number of Topliss-reactive ketones (excluding diaryl/α,β-unsaturated/α-hetero) is 1. The molecule has 3 heteroatoms. The summed E-state index contributed by atoms with van der Waals surface area (Å²) in [5.41, 5.74) is 5.53. The molecule has 0 aliphatic heterocycles. The number of hydrogen-bond acceptors (Lipinski definition) is 3. The molecule has 66 valence electrons. The first-order valence-electron chi connectivity index (χ1n) is 3.96. The lowest BCUT2D eigenvalue weighted by Gasteiger charge is -2.12. The quantitative estimate of drug-likeness (QED) is 0.638. The van der Waals surface area contributed by atoms with Crippen LogP contribution in [0, 0.1) is 5.92 Å². The zero-order valence-corrected chi connectivity index (χ0v) is 7.46. The van der Waals surface area contributed by atoms with Crippen LogP contribution in [0.3, 0.4) is 0 Å². The van der Waals surface area contributed by atoms with E-state index in [2.05, 4.69) is 0 Å². The van der Waals surface area contributed by atoms with E-state index in [0.717, 1.165) is 0 Å². The Morgan fingerprint density at radius 1 is 1.55 bits per heavy atom. The van der Waals surface area contributed by atoms with Gasteiger partial charge in [-0.3, -0.25) is 4.79 Å². The molecule has 2 N–H and O–H groups in total. The Balaban J connectivity index is 3.64. The predicted molar refractivity (Wildman–Crippen MR) is 44.3 cm³/mol. The van der Waals surface area contributed by atoms with Crippen molar-refractivity contribution in [3.05, 3.63) is 0 Å². The molecule has 1 unspecified atom stereocenters. The molecule has 0 rings (SSSR count). The van der Waals surface area contributed by atoms with Crippen molar-refractivity contribution in [3.63, 3.8) is 0 Å². The van der Waals surface area contributed by atoms with Crippen LogP contribution in [-0.4, -0.2) is 25.0 Å². The molecule has 0 fully saturated rings. The summed E-state index contributed by atoms with van der Waals surface area (Å²) in [6, 6.07) is -0.449. The van der Waals surface area contributed by atoms with Crippen LogP contribution in [0.5, 0.6) is 0 Å². The van der Waals surface area contributed by atoms with Gasteiger partial charge in [0.1, 0.15) is 0 Å². The van der Waals surface area contributed by atoms with Crippen molar-refractivity contribution >= 4 is 5.78 Å². The lowest BCUT2D eigenvalue weighted by molar-refractivity contribution is -0.124. The Bertz CT molecular complexity index is 123. The van der Waals surface area contributed by atoms with Crippen LogP contribution in [0.2, 0.25) is 0 Å². The second-order valence-corrected chi connectivity index (χ2v) is 2.82. The van der Waals surface area contributed by atoms with Crippen molar-refractivity contribution in [2.24, 2.45) is 11.7 Å². The Labute approximate surface area is 67.9 Å². The summed E-state index contributed by atoms with van der Waals surface area (Å²) >= 11 is 0. The van der Waals surface area contributed by atoms with Gasteiger partial charge in [0.25, 0.3) is 0 Å². The van der Waals surface area contributed by atoms with Crippen LogP contribution < -0.4 is 5.73 Å². The van der Waals surface area contributed by atoms with Crippen LogP contribution in [-0.2, 0) is 9.53 Å². The molecular weight excluding hydrogens is 142 g/mol. The molecule has 0 radical (unpaired) electrons. The molecule has 0 aromatic heterocycles. The Morgan fingerprint density at radius 3 is 2.45 bits per heavy atom. The second kappa shape index (κ2) is 5.27. The first kappa shape index (κ1) is 10.6. The molecule has 0 aromatic rings. The molecule has 0 spiro atoms. The first-order valence-corrected chi connectivity index (χ1v) is 3.96. The lowest BCUT2D eigenvalue weighted by Crippen LogP contribution is -2.37. The molecule has 0 aromatic carbocycles. The number of ether oxygens (including phenoxy) is 1. The van der Waals surface area contributed by atoms with Gasteiger partial charge >= 0.3 is 0 Å². The number of ketones is 1. The summed E-state index contributed by atoms with van der Waals surface area (Å²) in [6.07, 6.45) is 0. The Hall–Kier alpha value is -0.410. The molecule has 0 saturated carbocycles. The number of nitrogens with two attached hydrogens (primary N) is 1. The largest absolute Gasteiger partial charge is 0.380 e. The lowest BCUT2D eigenvalue weighted by atomic mass is 10.0. The maximum Gasteiger partial charge on any atom is 0.154 e. The Kier molecular flexibility index (Phi) is 5.07. The number of carbonyl (C=O) groups is 1. The van der Waals surface area contributed by atoms with Crippen LogP contribution >= 0.6 is 0 Å². The number of hydrogen-bond donors (Lipinski definition) is 1. The van der Waals surface area contributed by atoms with Gasteiger partial charge in [0.2, 0.25) is 0 Å². The second-order valence-electron chi connectivity index (χ2n) is 2.82. The fourth-order valence-electron chi connectivity index (χ4n) is 0.755. The van der Waals surface area contributed by atoms with Gasteiger partial charge in [-0.05, 0) is 6.92 Å². The SMILES string of the molecule is CCOCC(N)C(=O)C(C)C. The molecule has 0 saturated heterocycles. The summed E-state index contributed by atoms with van der Waals surface area (Å²) in [7, 11) is 0. The van der Waals surface area contributed by atoms with E-state index in [0.29, 0.717) is 13.2 Å². The molecule has 11 heavy (non-hydrogen) atoms. The summed E-state index contributed by atoms with van der Waals surface area (Å²) in [6.45, 7) is 6.52. The summed E-state index contributed by atoms with van der Waals surface area (Å²) < 4.78 is 5.02. The minimum atomic E-state index is -0.449. The summed E-state index contributed by atoms with van der Waals surface area (Å²) in [4.78, 5) is 11.1. The first-order chi connectivity index (χ1) is 5.09. The smallest absolute Gasteiger partial charge is 0.154 e. The summed E-state index contributed by atoms with van der Waals surface area (Å²) in [5, 5.41) is 0. The average molecular weight is 159 g/mol. The highest BCUT2D eigenvalue weighted by molar-refractivity contribution is 5.85. The minimum Gasteiger partial charge on any atom is -0.380 e.